The molecule has 2 fully saturated rings. The Hall–Kier alpha value is -0.690. The average molecular weight is 376 g/mol. The quantitative estimate of drug-likeness (QED) is 0.879. The summed E-state index contributed by atoms with van der Waals surface area (Å²) in [6, 6.07) is 3.77. The van der Waals surface area contributed by atoms with Crippen LogP contribution in [0.25, 0.3) is 0 Å². The van der Waals surface area contributed by atoms with Crippen LogP contribution in [0.15, 0.2) is 18.2 Å². The van der Waals surface area contributed by atoms with Crippen LogP contribution >= 0.6 is 11.6 Å². The third-order valence-electron chi connectivity index (χ3n) is 5.33. The van der Waals surface area contributed by atoms with Gasteiger partial charge in [-0.1, -0.05) is 37.3 Å². The molecule has 1 saturated heterocycles. The number of aliphatic hydroxyl groups is 1. The minimum Gasteiger partial charge on any atom is -0.393 e. The topological polar surface area (TPSA) is 57.6 Å². The van der Waals surface area contributed by atoms with Crippen molar-refractivity contribution in [3.05, 3.63) is 34.6 Å². The zero-order chi connectivity index (χ0) is 17.3. The van der Waals surface area contributed by atoms with Crippen LogP contribution in [-0.4, -0.2) is 37.0 Å². The lowest BCUT2D eigenvalue weighted by atomic mass is 9.83. The molecule has 1 saturated carbocycles. The average Bonchev–Trinajstić information content (AvgIpc) is 3.05. The summed E-state index contributed by atoms with van der Waals surface area (Å²) >= 11 is 6.01. The van der Waals surface area contributed by atoms with Gasteiger partial charge in [-0.2, -0.15) is 0 Å². The largest absolute Gasteiger partial charge is 0.393 e. The third-order valence-corrected chi connectivity index (χ3v) is 7.49. The molecular weight excluding hydrogens is 353 g/mol. The molecule has 0 unspecified atom stereocenters. The lowest BCUT2D eigenvalue weighted by Crippen LogP contribution is -2.48. The molecule has 24 heavy (non-hydrogen) atoms. The van der Waals surface area contributed by atoms with Crippen molar-refractivity contribution in [2.24, 2.45) is 11.8 Å². The molecule has 7 heteroatoms. The molecule has 0 amide bonds. The monoisotopic (exact) mass is 375 g/mol. The van der Waals surface area contributed by atoms with E-state index in [9.17, 15) is 17.9 Å². The number of hydrogen-bond acceptors (Lipinski definition) is 3. The maximum atomic E-state index is 13.4. The van der Waals surface area contributed by atoms with Gasteiger partial charge in [-0.05, 0) is 36.1 Å². The summed E-state index contributed by atoms with van der Waals surface area (Å²) in [5.41, 5.74) is 0.278. The molecule has 2 aliphatic rings. The minimum absolute atomic E-state index is 0.000920. The first kappa shape index (κ1) is 18.1. The van der Waals surface area contributed by atoms with Gasteiger partial charge < -0.3 is 5.11 Å². The van der Waals surface area contributed by atoms with Gasteiger partial charge in [0.25, 0.3) is 0 Å². The van der Waals surface area contributed by atoms with Gasteiger partial charge in [0.05, 0.1) is 11.9 Å². The zero-order valence-electron chi connectivity index (χ0n) is 13.5. The fraction of sp³-hybridized carbons (Fsp3) is 0.647. The van der Waals surface area contributed by atoms with Gasteiger partial charge in [0.1, 0.15) is 5.82 Å². The summed E-state index contributed by atoms with van der Waals surface area (Å²) in [4.78, 5) is 0. The molecule has 3 rings (SSSR count). The van der Waals surface area contributed by atoms with Crippen molar-refractivity contribution in [2.75, 3.05) is 13.1 Å². The number of piperidine rings is 1. The van der Waals surface area contributed by atoms with Crippen molar-refractivity contribution in [2.45, 2.75) is 44.0 Å². The van der Waals surface area contributed by atoms with E-state index in [-0.39, 0.29) is 22.3 Å². The molecule has 1 aromatic carbocycles. The Kier molecular flexibility index (Phi) is 5.49. The van der Waals surface area contributed by atoms with Crippen LogP contribution in [0.2, 0.25) is 5.02 Å². The summed E-state index contributed by atoms with van der Waals surface area (Å²) in [5, 5.41) is 10.5. The van der Waals surface area contributed by atoms with Gasteiger partial charge in [-0.15, -0.1) is 0 Å². The number of benzene rings is 1. The second kappa shape index (κ2) is 7.28. The smallest absolute Gasteiger partial charge is 0.218 e. The SMILES string of the molecule is O=S(=O)(Cc1cc(F)ccc1Cl)N1CC[C@@H](O)[C@H](C2CCCC2)C1. The first-order chi connectivity index (χ1) is 11.4. The number of halogens is 2. The molecule has 0 radical (unpaired) electrons. The van der Waals surface area contributed by atoms with E-state index in [1.807, 2.05) is 0 Å². The molecule has 1 aromatic rings. The van der Waals surface area contributed by atoms with E-state index >= 15 is 0 Å². The van der Waals surface area contributed by atoms with Crippen LogP contribution < -0.4 is 0 Å². The summed E-state index contributed by atoms with van der Waals surface area (Å²) in [6.07, 6.45) is 4.45. The highest BCUT2D eigenvalue weighted by molar-refractivity contribution is 7.88. The Bertz CT molecular complexity index is 691. The summed E-state index contributed by atoms with van der Waals surface area (Å²) in [5.74, 6) is -0.408. The van der Waals surface area contributed by atoms with E-state index in [4.69, 9.17) is 11.6 Å². The Morgan fingerprint density at radius 2 is 1.96 bits per heavy atom. The van der Waals surface area contributed by atoms with Crippen LogP contribution in [0.5, 0.6) is 0 Å². The van der Waals surface area contributed by atoms with Gasteiger partial charge in [0.15, 0.2) is 0 Å². The molecular formula is C17H23ClFNO3S. The first-order valence-electron chi connectivity index (χ1n) is 8.46. The molecule has 1 N–H and O–H groups in total. The Labute approximate surface area is 147 Å². The van der Waals surface area contributed by atoms with Gasteiger partial charge in [0, 0.05) is 24.0 Å². The normalized spacial score (nSPS) is 26.8. The standard InChI is InChI=1S/C17H23ClFNO3S/c18-16-6-5-14(19)9-13(16)11-24(22,23)20-8-7-17(21)15(10-20)12-3-1-2-4-12/h5-6,9,12,15,17,21H,1-4,7-8,10-11H2/t15-,17+/m0/s1. The molecule has 0 bridgehead atoms. The fourth-order valence-electron chi connectivity index (χ4n) is 3.98. The number of aliphatic hydroxyl groups excluding tert-OH is 1. The Balaban J connectivity index is 1.75. The summed E-state index contributed by atoms with van der Waals surface area (Å²) in [7, 11) is -3.59. The maximum absolute atomic E-state index is 13.4. The fourth-order valence-corrected chi connectivity index (χ4v) is 5.84. The molecule has 1 aliphatic heterocycles. The highest BCUT2D eigenvalue weighted by Gasteiger charge is 2.38. The predicted molar refractivity (Wildman–Crippen MR) is 91.7 cm³/mol. The Morgan fingerprint density at radius 3 is 2.67 bits per heavy atom. The molecule has 1 heterocycles. The van der Waals surface area contributed by atoms with Gasteiger partial charge >= 0.3 is 0 Å². The van der Waals surface area contributed by atoms with E-state index in [1.54, 1.807) is 0 Å². The van der Waals surface area contributed by atoms with E-state index < -0.39 is 21.9 Å². The summed E-state index contributed by atoms with van der Waals surface area (Å²) < 4.78 is 40.3. The van der Waals surface area contributed by atoms with E-state index in [0.29, 0.717) is 25.4 Å². The molecule has 0 aromatic heterocycles. The van der Waals surface area contributed by atoms with Crippen molar-refractivity contribution < 1.29 is 17.9 Å². The highest BCUT2D eigenvalue weighted by Crippen LogP contribution is 2.37. The van der Waals surface area contributed by atoms with Gasteiger partial charge in [0.2, 0.25) is 10.0 Å². The van der Waals surface area contributed by atoms with Crippen LogP contribution in [0.1, 0.15) is 37.7 Å². The Morgan fingerprint density at radius 1 is 1.25 bits per heavy atom. The van der Waals surface area contributed by atoms with E-state index in [1.165, 1.54) is 22.5 Å². The van der Waals surface area contributed by atoms with Crippen LogP contribution in [-0.2, 0) is 15.8 Å². The first-order valence-corrected chi connectivity index (χ1v) is 10.5. The van der Waals surface area contributed by atoms with Crippen molar-refractivity contribution in [1.29, 1.82) is 0 Å². The molecule has 1 aliphatic carbocycles. The van der Waals surface area contributed by atoms with Crippen LogP contribution in [0, 0.1) is 17.7 Å². The maximum Gasteiger partial charge on any atom is 0.218 e. The van der Waals surface area contributed by atoms with Gasteiger partial charge in [-0.3, -0.25) is 0 Å². The lowest BCUT2D eigenvalue weighted by Gasteiger charge is -2.38. The molecule has 0 spiro atoms. The second-order valence-corrected chi connectivity index (χ2v) is 9.29. The lowest BCUT2D eigenvalue weighted by molar-refractivity contribution is 0.0241. The second-order valence-electron chi connectivity index (χ2n) is 6.91. The number of hydrogen-bond donors (Lipinski definition) is 1. The van der Waals surface area contributed by atoms with E-state index in [0.717, 1.165) is 25.7 Å². The zero-order valence-corrected chi connectivity index (χ0v) is 15.1. The highest BCUT2D eigenvalue weighted by atomic mass is 35.5. The van der Waals surface area contributed by atoms with Crippen molar-refractivity contribution in [1.82, 2.24) is 4.31 Å². The number of sulfonamides is 1. The molecule has 134 valence electrons. The summed E-state index contributed by atoms with van der Waals surface area (Å²) in [6.45, 7) is 0.654. The van der Waals surface area contributed by atoms with Crippen molar-refractivity contribution >= 4 is 21.6 Å². The third kappa shape index (κ3) is 3.93. The van der Waals surface area contributed by atoms with Crippen LogP contribution in [0.3, 0.4) is 0 Å². The number of rotatable bonds is 4. The molecule has 4 nitrogen and oxygen atoms in total. The van der Waals surface area contributed by atoms with Crippen molar-refractivity contribution in [3.63, 3.8) is 0 Å². The van der Waals surface area contributed by atoms with Crippen molar-refractivity contribution in [3.8, 4) is 0 Å². The number of nitrogens with zero attached hydrogens (tertiary/aromatic N) is 1. The van der Waals surface area contributed by atoms with Crippen LogP contribution in [0.4, 0.5) is 4.39 Å². The van der Waals surface area contributed by atoms with E-state index in [2.05, 4.69) is 0 Å². The van der Waals surface area contributed by atoms with Gasteiger partial charge in [-0.25, -0.2) is 17.1 Å². The minimum atomic E-state index is -3.59. The molecule has 2 atom stereocenters. The predicted octanol–water partition coefficient (Wildman–Crippen LogP) is 3.18.